The summed E-state index contributed by atoms with van der Waals surface area (Å²) < 4.78 is 0. The maximum absolute atomic E-state index is 11.2. The van der Waals surface area contributed by atoms with E-state index in [1.54, 1.807) is 0 Å². The van der Waals surface area contributed by atoms with Gasteiger partial charge in [0, 0.05) is 5.92 Å². The van der Waals surface area contributed by atoms with Crippen LogP contribution in [-0.4, -0.2) is 10.7 Å². The van der Waals surface area contributed by atoms with Crippen molar-refractivity contribution in [1.29, 1.82) is 0 Å². The van der Waals surface area contributed by atoms with Crippen molar-refractivity contribution in [2.75, 3.05) is 0 Å². The molecular formula is C15H26O. The van der Waals surface area contributed by atoms with E-state index in [2.05, 4.69) is 66.7 Å². The molecule has 1 heteroatoms. The van der Waals surface area contributed by atoms with Crippen LogP contribution in [0.25, 0.3) is 0 Å². The molecule has 0 aromatic carbocycles. The third-order valence-electron chi connectivity index (χ3n) is 3.68. The van der Waals surface area contributed by atoms with Crippen molar-refractivity contribution in [3.63, 3.8) is 0 Å². The second kappa shape index (κ2) is 3.73. The summed E-state index contributed by atoms with van der Waals surface area (Å²) in [5.41, 5.74) is 0.236. The summed E-state index contributed by atoms with van der Waals surface area (Å²) in [6.45, 7) is 14.9. The quantitative estimate of drug-likeness (QED) is 0.658. The molecule has 0 radical (unpaired) electrons. The Bertz CT molecular complexity index is 322. The molecule has 16 heavy (non-hydrogen) atoms. The van der Waals surface area contributed by atoms with E-state index in [0.29, 0.717) is 0 Å². The van der Waals surface area contributed by atoms with Crippen molar-refractivity contribution in [2.24, 2.45) is 16.7 Å². The van der Waals surface area contributed by atoms with Crippen LogP contribution < -0.4 is 0 Å². The molecule has 2 unspecified atom stereocenters. The minimum Gasteiger partial charge on any atom is -0.384 e. The molecule has 0 saturated carbocycles. The summed E-state index contributed by atoms with van der Waals surface area (Å²) in [4.78, 5) is 0. The average molecular weight is 222 g/mol. The molecule has 1 aliphatic rings. The van der Waals surface area contributed by atoms with Gasteiger partial charge < -0.3 is 5.11 Å². The summed E-state index contributed by atoms with van der Waals surface area (Å²) in [7, 11) is 0. The van der Waals surface area contributed by atoms with Gasteiger partial charge in [-0.2, -0.15) is 0 Å². The van der Waals surface area contributed by atoms with Crippen LogP contribution in [0.5, 0.6) is 0 Å². The lowest BCUT2D eigenvalue weighted by Gasteiger charge is -2.50. The average Bonchev–Trinajstić information content (AvgIpc) is 2.05. The molecule has 0 amide bonds. The van der Waals surface area contributed by atoms with Gasteiger partial charge in [0.1, 0.15) is 0 Å². The Morgan fingerprint density at radius 3 is 1.94 bits per heavy atom. The minimum atomic E-state index is -0.750. The maximum atomic E-state index is 11.2. The summed E-state index contributed by atoms with van der Waals surface area (Å²) >= 11 is 0. The second-order valence-electron chi connectivity index (χ2n) is 7.02. The number of rotatable bonds is 0. The molecule has 1 rings (SSSR count). The van der Waals surface area contributed by atoms with Crippen LogP contribution in [0.15, 0.2) is 23.8 Å². The first-order valence-electron chi connectivity index (χ1n) is 6.13. The molecule has 0 aromatic heterocycles. The molecule has 0 saturated heterocycles. The SMILES string of the molecule is CC1C=CC=C(C(C)(C)C)C1(O)C(C)(C)C. The van der Waals surface area contributed by atoms with Gasteiger partial charge in [0.2, 0.25) is 0 Å². The Kier molecular flexibility index (Phi) is 3.15. The summed E-state index contributed by atoms with van der Waals surface area (Å²) in [6.07, 6.45) is 6.26. The molecular weight excluding hydrogens is 196 g/mol. The maximum Gasteiger partial charge on any atom is 0.0972 e. The first-order chi connectivity index (χ1) is 7.01. The van der Waals surface area contributed by atoms with E-state index < -0.39 is 5.60 Å². The highest BCUT2D eigenvalue weighted by atomic mass is 16.3. The van der Waals surface area contributed by atoms with E-state index in [1.165, 1.54) is 0 Å². The van der Waals surface area contributed by atoms with Crippen molar-refractivity contribution in [3.8, 4) is 0 Å². The van der Waals surface area contributed by atoms with Gasteiger partial charge in [-0.3, -0.25) is 0 Å². The molecule has 0 heterocycles. The monoisotopic (exact) mass is 222 g/mol. The van der Waals surface area contributed by atoms with E-state index >= 15 is 0 Å². The van der Waals surface area contributed by atoms with Gasteiger partial charge in [0.05, 0.1) is 5.60 Å². The summed E-state index contributed by atoms with van der Waals surface area (Å²) in [6, 6.07) is 0. The number of hydrogen-bond donors (Lipinski definition) is 1. The van der Waals surface area contributed by atoms with E-state index in [4.69, 9.17) is 0 Å². The van der Waals surface area contributed by atoms with Crippen LogP contribution in [0, 0.1) is 16.7 Å². The molecule has 1 N–H and O–H groups in total. The van der Waals surface area contributed by atoms with Crippen molar-refractivity contribution in [3.05, 3.63) is 23.8 Å². The Morgan fingerprint density at radius 1 is 1.12 bits per heavy atom. The van der Waals surface area contributed by atoms with Crippen LogP contribution in [0.2, 0.25) is 0 Å². The molecule has 0 bridgehead atoms. The molecule has 2 atom stereocenters. The highest BCUT2D eigenvalue weighted by Crippen LogP contribution is 2.50. The Morgan fingerprint density at radius 2 is 1.62 bits per heavy atom. The van der Waals surface area contributed by atoms with Gasteiger partial charge in [-0.25, -0.2) is 0 Å². The fourth-order valence-corrected chi connectivity index (χ4v) is 2.74. The van der Waals surface area contributed by atoms with Gasteiger partial charge in [-0.05, 0) is 16.4 Å². The number of aliphatic hydroxyl groups is 1. The fourth-order valence-electron chi connectivity index (χ4n) is 2.74. The zero-order valence-corrected chi connectivity index (χ0v) is 11.8. The third kappa shape index (κ3) is 1.98. The topological polar surface area (TPSA) is 20.2 Å². The zero-order chi connectivity index (χ0) is 12.8. The van der Waals surface area contributed by atoms with Crippen molar-refractivity contribution in [2.45, 2.75) is 54.1 Å². The fraction of sp³-hybridized carbons (Fsp3) is 0.733. The first kappa shape index (κ1) is 13.5. The van der Waals surface area contributed by atoms with Crippen molar-refractivity contribution in [1.82, 2.24) is 0 Å². The lowest BCUT2D eigenvalue weighted by Crippen LogP contribution is -2.53. The van der Waals surface area contributed by atoms with Gasteiger partial charge in [0.25, 0.3) is 0 Å². The zero-order valence-electron chi connectivity index (χ0n) is 11.8. The van der Waals surface area contributed by atoms with Gasteiger partial charge >= 0.3 is 0 Å². The number of hydrogen-bond acceptors (Lipinski definition) is 1. The second-order valence-corrected chi connectivity index (χ2v) is 7.02. The largest absolute Gasteiger partial charge is 0.384 e. The third-order valence-corrected chi connectivity index (χ3v) is 3.68. The Hall–Kier alpha value is -0.560. The standard InChI is InChI=1S/C15H26O/c1-11-9-8-10-12(13(2,3)4)15(11,16)14(5,6)7/h8-11,16H,1-7H3. The molecule has 1 nitrogen and oxygen atoms in total. The predicted octanol–water partition coefficient (Wildman–Crippen LogP) is 3.94. The van der Waals surface area contributed by atoms with E-state index in [0.717, 1.165) is 5.57 Å². The van der Waals surface area contributed by atoms with Gasteiger partial charge in [-0.1, -0.05) is 66.7 Å². The van der Waals surface area contributed by atoms with Crippen molar-refractivity contribution >= 4 is 0 Å². The summed E-state index contributed by atoms with van der Waals surface area (Å²) in [5, 5.41) is 11.2. The van der Waals surface area contributed by atoms with Gasteiger partial charge in [-0.15, -0.1) is 0 Å². The Balaban J connectivity index is 3.34. The molecule has 0 fully saturated rings. The number of allylic oxidation sites excluding steroid dienone is 2. The molecule has 0 spiro atoms. The lowest BCUT2D eigenvalue weighted by atomic mass is 9.58. The van der Waals surface area contributed by atoms with E-state index in [-0.39, 0.29) is 16.7 Å². The van der Waals surface area contributed by atoms with E-state index in [9.17, 15) is 5.11 Å². The minimum absolute atomic E-state index is 0.00104. The molecule has 92 valence electrons. The van der Waals surface area contributed by atoms with Crippen LogP contribution in [0.1, 0.15) is 48.5 Å². The van der Waals surface area contributed by atoms with E-state index in [1.807, 2.05) is 0 Å². The normalized spacial score (nSPS) is 31.5. The predicted molar refractivity (Wildman–Crippen MR) is 70.2 cm³/mol. The molecule has 0 aromatic rings. The highest BCUT2D eigenvalue weighted by Gasteiger charge is 2.50. The lowest BCUT2D eigenvalue weighted by molar-refractivity contribution is -0.0667. The first-order valence-corrected chi connectivity index (χ1v) is 6.13. The molecule has 1 aliphatic carbocycles. The van der Waals surface area contributed by atoms with Crippen LogP contribution >= 0.6 is 0 Å². The van der Waals surface area contributed by atoms with Crippen LogP contribution in [0.4, 0.5) is 0 Å². The summed E-state index contributed by atoms with van der Waals surface area (Å²) in [5.74, 6) is 0.159. The van der Waals surface area contributed by atoms with Gasteiger partial charge in [0.15, 0.2) is 0 Å². The Labute approximate surface area is 100 Å². The van der Waals surface area contributed by atoms with Crippen LogP contribution in [-0.2, 0) is 0 Å². The molecule has 0 aliphatic heterocycles. The highest BCUT2D eigenvalue weighted by molar-refractivity contribution is 5.36. The van der Waals surface area contributed by atoms with Crippen molar-refractivity contribution < 1.29 is 5.11 Å². The van der Waals surface area contributed by atoms with Crippen LogP contribution in [0.3, 0.4) is 0 Å². The smallest absolute Gasteiger partial charge is 0.0972 e.